The van der Waals surface area contributed by atoms with Crippen LogP contribution in [0.2, 0.25) is 0 Å². The normalized spacial score (nSPS) is 10.8. The molecule has 0 atom stereocenters. The van der Waals surface area contributed by atoms with Gasteiger partial charge in [-0.05, 0) is 24.6 Å². The van der Waals surface area contributed by atoms with Crippen LogP contribution in [-0.4, -0.2) is 10.8 Å². The van der Waals surface area contributed by atoms with E-state index in [-0.39, 0.29) is 11.2 Å². The number of carbonyl (C=O) groups is 1. The summed E-state index contributed by atoms with van der Waals surface area (Å²) in [5.74, 6) is -0.188. The van der Waals surface area contributed by atoms with Crippen molar-refractivity contribution in [1.82, 2.24) is 4.98 Å². The summed E-state index contributed by atoms with van der Waals surface area (Å²) >= 11 is 0. The molecule has 0 radical (unpaired) electrons. The molecule has 0 spiro atoms. The number of para-hydroxylation sites is 1. The molecule has 0 amide bonds. The average molecular weight is 339 g/mol. The van der Waals surface area contributed by atoms with E-state index in [1.54, 1.807) is 18.2 Å². The van der Waals surface area contributed by atoms with Crippen LogP contribution in [0, 0.1) is 6.92 Å². The minimum Gasteiger partial charge on any atom is -0.351 e. The number of nitrogens with one attached hydrogen (secondary N) is 1. The zero-order valence-electron chi connectivity index (χ0n) is 14.3. The Bertz CT molecular complexity index is 1160. The first-order valence-corrected chi connectivity index (χ1v) is 8.47. The molecule has 0 unspecified atom stereocenters. The summed E-state index contributed by atoms with van der Waals surface area (Å²) < 4.78 is 0. The summed E-state index contributed by atoms with van der Waals surface area (Å²) in [5.41, 5.74) is 3.62. The number of rotatable bonds is 3. The Labute approximate surface area is 150 Å². The topological polar surface area (TPSA) is 49.9 Å². The van der Waals surface area contributed by atoms with Crippen molar-refractivity contribution in [2.45, 2.75) is 6.92 Å². The lowest BCUT2D eigenvalue weighted by Gasteiger charge is -2.11. The van der Waals surface area contributed by atoms with Gasteiger partial charge in [-0.25, -0.2) is 0 Å². The molecule has 0 aliphatic carbocycles. The maximum atomic E-state index is 13.2. The van der Waals surface area contributed by atoms with Crippen LogP contribution in [0.25, 0.3) is 22.0 Å². The van der Waals surface area contributed by atoms with E-state index < -0.39 is 0 Å². The number of hydrogen-bond acceptors (Lipinski definition) is 2. The van der Waals surface area contributed by atoms with E-state index >= 15 is 0 Å². The third-order valence-electron chi connectivity index (χ3n) is 4.51. The molecule has 26 heavy (non-hydrogen) atoms. The Kier molecular flexibility index (Phi) is 3.98. The van der Waals surface area contributed by atoms with Crippen molar-refractivity contribution in [3.8, 4) is 11.1 Å². The van der Waals surface area contributed by atoms with Crippen LogP contribution in [-0.2, 0) is 0 Å². The number of aromatic amines is 1. The number of benzene rings is 3. The molecule has 126 valence electrons. The van der Waals surface area contributed by atoms with Crippen LogP contribution in [0.1, 0.15) is 21.6 Å². The highest BCUT2D eigenvalue weighted by molar-refractivity contribution is 6.12. The first-order chi connectivity index (χ1) is 12.6. The second-order valence-electron chi connectivity index (χ2n) is 6.31. The Morgan fingerprint density at radius 3 is 2.19 bits per heavy atom. The van der Waals surface area contributed by atoms with Crippen LogP contribution in [0.4, 0.5) is 0 Å². The SMILES string of the molecule is Cc1ccc(C(=O)c2[nH]c3ccccc3c(=O)c2-c2ccccc2)cc1. The van der Waals surface area contributed by atoms with Crippen LogP contribution in [0.5, 0.6) is 0 Å². The minimum atomic E-state index is -0.188. The molecule has 3 aromatic carbocycles. The highest BCUT2D eigenvalue weighted by atomic mass is 16.1. The van der Waals surface area contributed by atoms with Gasteiger partial charge < -0.3 is 4.98 Å². The first kappa shape index (κ1) is 16.0. The third-order valence-corrected chi connectivity index (χ3v) is 4.51. The van der Waals surface area contributed by atoms with Gasteiger partial charge >= 0.3 is 0 Å². The molecule has 3 heteroatoms. The van der Waals surface area contributed by atoms with Gasteiger partial charge in [-0.3, -0.25) is 9.59 Å². The molecule has 0 saturated carbocycles. The molecule has 0 fully saturated rings. The van der Waals surface area contributed by atoms with Crippen LogP contribution < -0.4 is 5.43 Å². The molecule has 0 aliphatic rings. The molecule has 4 aromatic rings. The standard InChI is InChI=1S/C23H17NO2/c1-15-11-13-17(14-12-15)22(25)21-20(16-7-3-2-4-8-16)23(26)18-9-5-6-10-19(18)24-21/h2-14H,1H3,(H,24,26). The van der Waals surface area contributed by atoms with Crippen LogP contribution in [0.15, 0.2) is 83.7 Å². The van der Waals surface area contributed by atoms with Gasteiger partial charge in [0, 0.05) is 16.5 Å². The molecule has 1 heterocycles. The third kappa shape index (κ3) is 2.74. The number of carbonyl (C=O) groups excluding carboxylic acids is 1. The van der Waals surface area contributed by atoms with Crippen LogP contribution >= 0.6 is 0 Å². The Morgan fingerprint density at radius 2 is 1.46 bits per heavy atom. The summed E-state index contributed by atoms with van der Waals surface area (Å²) in [6.45, 7) is 1.97. The molecule has 1 N–H and O–H groups in total. The van der Waals surface area contributed by atoms with Gasteiger partial charge in [0.15, 0.2) is 5.43 Å². The smallest absolute Gasteiger partial charge is 0.209 e. The van der Waals surface area contributed by atoms with Crippen molar-refractivity contribution in [3.05, 3.63) is 106 Å². The fourth-order valence-corrected chi connectivity index (χ4v) is 3.14. The maximum absolute atomic E-state index is 13.2. The van der Waals surface area contributed by atoms with Crippen LogP contribution in [0.3, 0.4) is 0 Å². The molecular formula is C23H17NO2. The fourth-order valence-electron chi connectivity index (χ4n) is 3.14. The quantitative estimate of drug-likeness (QED) is 0.548. The zero-order chi connectivity index (χ0) is 18.1. The highest BCUT2D eigenvalue weighted by Crippen LogP contribution is 2.24. The number of H-pyrrole nitrogens is 1. The molecule has 0 aliphatic heterocycles. The lowest BCUT2D eigenvalue weighted by Crippen LogP contribution is -2.16. The number of ketones is 1. The van der Waals surface area contributed by atoms with E-state index in [0.29, 0.717) is 27.7 Å². The maximum Gasteiger partial charge on any atom is 0.209 e. The van der Waals surface area contributed by atoms with Crippen molar-refractivity contribution in [3.63, 3.8) is 0 Å². The summed E-state index contributed by atoms with van der Waals surface area (Å²) in [4.78, 5) is 29.5. The summed E-state index contributed by atoms with van der Waals surface area (Å²) in [6.07, 6.45) is 0. The fraction of sp³-hybridized carbons (Fsp3) is 0.0435. The molecule has 0 saturated heterocycles. The first-order valence-electron chi connectivity index (χ1n) is 8.47. The summed E-state index contributed by atoms with van der Waals surface area (Å²) in [6, 6.07) is 24.0. The van der Waals surface area contributed by atoms with Crippen molar-refractivity contribution >= 4 is 16.7 Å². The van der Waals surface area contributed by atoms with Crippen molar-refractivity contribution < 1.29 is 4.79 Å². The van der Waals surface area contributed by atoms with Crippen molar-refractivity contribution in [2.75, 3.05) is 0 Å². The second kappa shape index (κ2) is 6.45. The lowest BCUT2D eigenvalue weighted by molar-refractivity contribution is 0.103. The van der Waals surface area contributed by atoms with E-state index in [4.69, 9.17) is 0 Å². The molecular weight excluding hydrogens is 322 g/mol. The second-order valence-corrected chi connectivity index (χ2v) is 6.31. The van der Waals surface area contributed by atoms with E-state index in [1.165, 1.54) is 0 Å². The summed E-state index contributed by atoms with van der Waals surface area (Å²) in [5, 5.41) is 0.576. The predicted octanol–water partition coefficient (Wildman–Crippen LogP) is 4.73. The largest absolute Gasteiger partial charge is 0.351 e. The van der Waals surface area contributed by atoms with E-state index in [0.717, 1.165) is 11.1 Å². The van der Waals surface area contributed by atoms with E-state index in [9.17, 15) is 9.59 Å². The van der Waals surface area contributed by atoms with Gasteiger partial charge in [0.05, 0.1) is 11.3 Å². The van der Waals surface area contributed by atoms with E-state index in [1.807, 2.05) is 67.6 Å². The summed E-state index contributed by atoms with van der Waals surface area (Å²) in [7, 11) is 0. The molecule has 1 aromatic heterocycles. The monoisotopic (exact) mass is 339 g/mol. The predicted molar refractivity (Wildman–Crippen MR) is 105 cm³/mol. The number of fused-ring (bicyclic) bond motifs is 1. The lowest BCUT2D eigenvalue weighted by atomic mass is 9.96. The van der Waals surface area contributed by atoms with Crippen molar-refractivity contribution in [1.29, 1.82) is 0 Å². The van der Waals surface area contributed by atoms with Gasteiger partial charge in [0.25, 0.3) is 0 Å². The van der Waals surface area contributed by atoms with Gasteiger partial charge in [-0.15, -0.1) is 0 Å². The molecule has 3 nitrogen and oxygen atoms in total. The zero-order valence-corrected chi connectivity index (χ0v) is 14.3. The Hall–Kier alpha value is -3.46. The number of hydrogen-bond donors (Lipinski definition) is 1. The van der Waals surface area contributed by atoms with Gasteiger partial charge in [0.1, 0.15) is 0 Å². The number of aryl methyl sites for hydroxylation is 1. The van der Waals surface area contributed by atoms with Gasteiger partial charge in [0.2, 0.25) is 5.78 Å². The number of pyridine rings is 1. The van der Waals surface area contributed by atoms with Gasteiger partial charge in [-0.1, -0.05) is 72.3 Å². The van der Waals surface area contributed by atoms with Gasteiger partial charge in [-0.2, -0.15) is 0 Å². The highest BCUT2D eigenvalue weighted by Gasteiger charge is 2.20. The van der Waals surface area contributed by atoms with E-state index in [2.05, 4.69) is 4.98 Å². The molecule has 4 rings (SSSR count). The van der Waals surface area contributed by atoms with Crippen molar-refractivity contribution in [2.24, 2.45) is 0 Å². The average Bonchev–Trinajstić information content (AvgIpc) is 2.68. The molecule has 0 bridgehead atoms. The Balaban J connectivity index is 2.02. The number of aromatic nitrogens is 1. The minimum absolute atomic E-state index is 0.138. The Morgan fingerprint density at radius 1 is 0.808 bits per heavy atom.